The molecular formula is C15H20ClN3O4S. The highest BCUT2D eigenvalue weighted by molar-refractivity contribution is 7.89. The number of halogens is 1. The first kappa shape index (κ1) is 20.2. The van der Waals surface area contributed by atoms with Crippen LogP contribution in [0, 0.1) is 0 Å². The molecule has 9 heteroatoms. The van der Waals surface area contributed by atoms with Crippen molar-refractivity contribution in [1.29, 1.82) is 0 Å². The van der Waals surface area contributed by atoms with Gasteiger partial charge in [-0.25, -0.2) is 13.1 Å². The predicted octanol–water partition coefficient (Wildman–Crippen LogP) is 1.56. The summed E-state index contributed by atoms with van der Waals surface area (Å²) in [4.78, 5) is 12.3. The molecule has 1 unspecified atom stereocenters. The standard InChI is InChI=1S/C15H19N3O4S.ClH/c1-10(18-15(19)12-6-13(8-16)22-9-12)11-4-3-5-14(7-11)23(20,21)17-2;/h3-7,9-10,17H,8,16H2,1-2H3,(H,18,19);1H. The third-order valence-electron chi connectivity index (χ3n) is 3.40. The third-order valence-corrected chi connectivity index (χ3v) is 4.81. The number of hydrogen-bond donors (Lipinski definition) is 3. The first-order valence-corrected chi connectivity index (χ1v) is 8.47. The summed E-state index contributed by atoms with van der Waals surface area (Å²) in [7, 11) is -2.18. The molecule has 2 rings (SSSR count). The molecule has 1 heterocycles. The lowest BCUT2D eigenvalue weighted by Crippen LogP contribution is -2.26. The maximum absolute atomic E-state index is 12.2. The number of rotatable bonds is 6. The van der Waals surface area contributed by atoms with Crippen LogP contribution in [-0.4, -0.2) is 21.4 Å². The molecule has 0 bridgehead atoms. The van der Waals surface area contributed by atoms with Crippen LogP contribution < -0.4 is 15.8 Å². The monoisotopic (exact) mass is 373 g/mol. The topological polar surface area (TPSA) is 114 Å². The van der Waals surface area contributed by atoms with Crippen LogP contribution in [0.25, 0.3) is 0 Å². The molecule has 0 aliphatic rings. The second-order valence-electron chi connectivity index (χ2n) is 4.98. The molecule has 4 N–H and O–H groups in total. The van der Waals surface area contributed by atoms with Gasteiger partial charge in [-0.2, -0.15) is 0 Å². The van der Waals surface area contributed by atoms with Gasteiger partial charge in [0, 0.05) is 0 Å². The Balaban J connectivity index is 0.00000288. The molecule has 1 aromatic heterocycles. The molecular weight excluding hydrogens is 354 g/mol. The predicted molar refractivity (Wildman–Crippen MR) is 92.4 cm³/mol. The molecule has 2 aromatic rings. The molecule has 1 aromatic carbocycles. The fourth-order valence-corrected chi connectivity index (χ4v) is 2.82. The van der Waals surface area contributed by atoms with Crippen molar-refractivity contribution in [2.75, 3.05) is 7.05 Å². The van der Waals surface area contributed by atoms with Crippen molar-refractivity contribution < 1.29 is 17.6 Å². The van der Waals surface area contributed by atoms with Gasteiger partial charge in [-0.05, 0) is 37.7 Å². The van der Waals surface area contributed by atoms with Crippen LogP contribution in [0.4, 0.5) is 0 Å². The average molecular weight is 374 g/mol. The molecule has 1 atom stereocenters. The minimum Gasteiger partial charge on any atom is -0.467 e. The summed E-state index contributed by atoms with van der Waals surface area (Å²) in [5.41, 5.74) is 6.49. The third kappa shape index (κ3) is 4.57. The molecule has 0 saturated carbocycles. The largest absolute Gasteiger partial charge is 0.467 e. The van der Waals surface area contributed by atoms with Gasteiger partial charge in [-0.15, -0.1) is 12.4 Å². The molecule has 0 aliphatic heterocycles. The highest BCUT2D eigenvalue weighted by Crippen LogP contribution is 2.18. The van der Waals surface area contributed by atoms with Crippen LogP contribution in [0.1, 0.15) is 34.6 Å². The summed E-state index contributed by atoms with van der Waals surface area (Å²) in [5.74, 6) is 0.202. The average Bonchev–Trinajstić information content (AvgIpc) is 3.04. The smallest absolute Gasteiger partial charge is 0.255 e. The number of carbonyl (C=O) groups excluding carboxylic acids is 1. The minimum absolute atomic E-state index is 0. The number of sulfonamides is 1. The summed E-state index contributed by atoms with van der Waals surface area (Å²) in [6.45, 7) is 1.99. The number of amides is 1. The Morgan fingerprint density at radius 1 is 1.33 bits per heavy atom. The minimum atomic E-state index is -3.53. The molecule has 0 aliphatic carbocycles. The Morgan fingerprint density at radius 3 is 2.62 bits per heavy atom. The number of nitrogens with two attached hydrogens (primary N) is 1. The van der Waals surface area contributed by atoms with Crippen LogP contribution in [0.2, 0.25) is 0 Å². The quantitative estimate of drug-likeness (QED) is 0.710. The van der Waals surface area contributed by atoms with Crippen LogP contribution in [0.3, 0.4) is 0 Å². The van der Waals surface area contributed by atoms with E-state index in [0.29, 0.717) is 16.9 Å². The second-order valence-corrected chi connectivity index (χ2v) is 6.87. The van der Waals surface area contributed by atoms with Crippen LogP contribution in [0.15, 0.2) is 45.9 Å². The fourth-order valence-electron chi connectivity index (χ4n) is 2.04. The number of benzene rings is 1. The number of furan rings is 1. The maximum Gasteiger partial charge on any atom is 0.255 e. The summed E-state index contributed by atoms with van der Waals surface area (Å²) in [6, 6.07) is 7.60. The van der Waals surface area contributed by atoms with Crippen LogP contribution in [-0.2, 0) is 16.6 Å². The van der Waals surface area contributed by atoms with E-state index in [4.69, 9.17) is 10.2 Å². The van der Waals surface area contributed by atoms with Gasteiger partial charge in [0.15, 0.2) is 0 Å². The van der Waals surface area contributed by atoms with E-state index in [9.17, 15) is 13.2 Å². The molecule has 0 saturated heterocycles. The number of hydrogen-bond acceptors (Lipinski definition) is 5. The maximum atomic E-state index is 12.2. The van der Waals surface area contributed by atoms with E-state index in [2.05, 4.69) is 10.0 Å². The zero-order valence-corrected chi connectivity index (χ0v) is 14.9. The Kier molecular flexibility index (Phi) is 6.97. The van der Waals surface area contributed by atoms with Gasteiger partial charge >= 0.3 is 0 Å². The lowest BCUT2D eigenvalue weighted by Gasteiger charge is -2.14. The zero-order chi connectivity index (χ0) is 17.0. The lowest BCUT2D eigenvalue weighted by atomic mass is 10.1. The van der Waals surface area contributed by atoms with Gasteiger partial charge in [-0.3, -0.25) is 4.79 Å². The molecule has 1 amide bonds. The second kappa shape index (κ2) is 8.29. The summed E-state index contributed by atoms with van der Waals surface area (Å²) in [6.07, 6.45) is 1.34. The van der Waals surface area contributed by atoms with Crippen molar-refractivity contribution in [3.8, 4) is 0 Å². The summed E-state index contributed by atoms with van der Waals surface area (Å²) >= 11 is 0. The van der Waals surface area contributed by atoms with E-state index < -0.39 is 10.0 Å². The lowest BCUT2D eigenvalue weighted by molar-refractivity contribution is 0.0939. The first-order chi connectivity index (χ1) is 10.9. The van der Waals surface area contributed by atoms with E-state index in [0.717, 1.165) is 0 Å². The van der Waals surface area contributed by atoms with Crippen LogP contribution in [0.5, 0.6) is 0 Å². The Morgan fingerprint density at radius 2 is 2.04 bits per heavy atom. The Labute approximate surface area is 147 Å². The molecule has 7 nitrogen and oxygen atoms in total. The van der Waals surface area contributed by atoms with E-state index in [1.165, 1.54) is 25.4 Å². The number of carbonyl (C=O) groups is 1. The van der Waals surface area contributed by atoms with Crippen molar-refractivity contribution in [1.82, 2.24) is 10.0 Å². The van der Waals surface area contributed by atoms with E-state index in [1.54, 1.807) is 25.1 Å². The Bertz CT molecular complexity index is 805. The summed E-state index contributed by atoms with van der Waals surface area (Å²) < 4.78 is 31.1. The summed E-state index contributed by atoms with van der Waals surface area (Å²) in [5, 5.41) is 2.79. The van der Waals surface area contributed by atoms with Crippen LogP contribution >= 0.6 is 12.4 Å². The van der Waals surface area contributed by atoms with Gasteiger partial charge < -0.3 is 15.5 Å². The zero-order valence-electron chi connectivity index (χ0n) is 13.3. The van der Waals surface area contributed by atoms with Gasteiger partial charge in [0.05, 0.1) is 23.0 Å². The molecule has 0 radical (unpaired) electrons. The highest BCUT2D eigenvalue weighted by Gasteiger charge is 2.16. The SMILES string of the molecule is CNS(=O)(=O)c1cccc(C(C)NC(=O)c2coc(CN)c2)c1.Cl. The highest BCUT2D eigenvalue weighted by atomic mass is 35.5. The molecule has 0 fully saturated rings. The van der Waals surface area contributed by atoms with Gasteiger partial charge in [-0.1, -0.05) is 12.1 Å². The van der Waals surface area contributed by atoms with Crippen molar-refractivity contribution in [2.24, 2.45) is 5.73 Å². The van der Waals surface area contributed by atoms with Gasteiger partial charge in [0.1, 0.15) is 12.0 Å². The van der Waals surface area contributed by atoms with E-state index in [1.807, 2.05) is 0 Å². The van der Waals surface area contributed by atoms with Crippen molar-refractivity contribution in [2.45, 2.75) is 24.4 Å². The van der Waals surface area contributed by atoms with E-state index >= 15 is 0 Å². The first-order valence-electron chi connectivity index (χ1n) is 6.99. The van der Waals surface area contributed by atoms with Crippen molar-refractivity contribution >= 4 is 28.3 Å². The van der Waals surface area contributed by atoms with Crippen molar-refractivity contribution in [3.05, 3.63) is 53.5 Å². The fraction of sp³-hybridized carbons (Fsp3) is 0.267. The van der Waals surface area contributed by atoms with E-state index in [-0.39, 0.29) is 35.8 Å². The van der Waals surface area contributed by atoms with Gasteiger partial charge in [0.25, 0.3) is 5.91 Å². The van der Waals surface area contributed by atoms with Crippen molar-refractivity contribution in [3.63, 3.8) is 0 Å². The normalized spacial score (nSPS) is 12.3. The Hall–Kier alpha value is -1.87. The van der Waals surface area contributed by atoms with Gasteiger partial charge in [0.2, 0.25) is 10.0 Å². The number of nitrogens with one attached hydrogen (secondary N) is 2. The molecule has 132 valence electrons. The molecule has 24 heavy (non-hydrogen) atoms. The molecule has 0 spiro atoms.